The number of benzene rings is 3. The van der Waals surface area contributed by atoms with Crippen LogP contribution in [0, 0.1) is 0 Å². The monoisotopic (exact) mass is 414 g/mol. The van der Waals surface area contributed by atoms with Crippen molar-refractivity contribution >= 4 is 27.4 Å². The molecule has 0 fully saturated rings. The average molecular weight is 415 g/mol. The van der Waals surface area contributed by atoms with Crippen LogP contribution in [0.2, 0.25) is 0 Å². The maximum Gasteiger partial charge on any atom is 0.329 e. The van der Waals surface area contributed by atoms with Gasteiger partial charge in [-0.05, 0) is 28.3 Å². The van der Waals surface area contributed by atoms with Crippen molar-refractivity contribution in [2.75, 3.05) is 6.26 Å². The van der Waals surface area contributed by atoms with Gasteiger partial charge in [0.2, 0.25) is 0 Å². The second kappa shape index (κ2) is 8.59. The average Bonchev–Trinajstić information content (AvgIpc) is 2.72. The molecule has 0 heterocycles. The van der Waals surface area contributed by atoms with Crippen LogP contribution in [-0.2, 0) is 26.0 Å². The second-order valence-electron chi connectivity index (χ2n) is 6.35. The number of hydrogen-bond donors (Lipinski definition) is 0. The normalized spacial score (nSPS) is 12.4. The fourth-order valence-electron chi connectivity index (χ4n) is 2.80. The molecule has 1 unspecified atom stereocenters. The van der Waals surface area contributed by atoms with Crippen LogP contribution in [0.15, 0.2) is 83.8 Å². The number of ether oxygens (including phenoxy) is 1. The van der Waals surface area contributed by atoms with Gasteiger partial charge in [-0.1, -0.05) is 72.8 Å². The second-order valence-corrected chi connectivity index (χ2v) is 8.77. The van der Waals surface area contributed by atoms with E-state index in [1.165, 1.54) is 0 Å². The fourth-order valence-corrected chi connectivity index (χ4v) is 4.08. The number of halogens is 1. The highest BCUT2D eigenvalue weighted by molar-refractivity contribution is 7.90. The molecule has 0 aromatic heterocycles. The van der Waals surface area contributed by atoms with E-state index >= 15 is 0 Å². The number of hydrogen-bond acceptors (Lipinski definition) is 4. The zero-order chi connectivity index (χ0) is 20.1. The predicted molar refractivity (Wildman–Crippen MR) is 110 cm³/mol. The van der Waals surface area contributed by atoms with E-state index in [-0.39, 0.29) is 17.1 Å². The summed E-state index contributed by atoms with van der Waals surface area (Å²) in [5.41, 5.74) is 2.63. The third-order valence-corrected chi connectivity index (χ3v) is 5.79. The van der Waals surface area contributed by atoms with Gasteiger partial charge in [-0.3, -0.25) is 4.79 Å². The van der Waals surface area contributed by atoms with E-state index in [1.807, 2.05) is 60.7 Å². The minimum absolute atomic E-state index is 0.0190. The molecule has 0 aliphatic carbocycles. The number of carbonyl (C=O) groups excluding carboxylic acids is 1. The van der Waals surface area contributed by atoms with E-state index in [0.717, 1.165) is 22.9 Å². The molecule has 0 radical (unpaired) electrons. The molecule has 0 spiro atoms. The van der Waals surface area contributed by atoms with Gasteiger partial charge in [0.1, 0.15) is 6.61 Å². The minimum Gasteiger partial charge on any atom is -0.459 e. The molecule has 0 saturated carbocycles. The van der Waals surface area contributed by atoms with Crippen molar-refractivity contribution in [2.45, 2.75) is 16.9 Å². The molecule has 0 bridgehead atoms. The Balaban J connectivity index is 1.88. The zero-order valence-corrected chi connectivity index (χ0v) is 16.8. The van der Waals surface area contributed by atoms with Gasteiger partial charge in [0, 0.05) is 6.26 Å². The van der Waals surface area contributed by atoms with E-state index in [4.69, 9.17) is 16.3 Å². The quantitative estimate of drug-likeness (QED) is 0.430. The summed E-state index contributed by atoms with van der Waals surface area (Å²) >= 11 is 6.29. The number of carbonyl (C=O) groups is 1. The third kappa shape index (κ3) is 4.80. The van der Waals surface area contributed by atoms with Crippen molar-refractivity contribution in [1.29, 1.82) is 0 Å². The first-order valence-electron chi connectivity index (χ1n) is 8.60. The lowest BCUT2D eigenvalue weighted by atomic mass is 10.0. The lowest BCUT2D eigenvalue weighted by molar-refractivity contribution is -0.144. The van der Waals surface area contributed by atoms with Gasteiger partial charge in [0.15, 0.2) is 15.2 Å². The first-order valence-corrected chi connectivity index (χ1v) is 10.9. The van der Waals surface area contributed by atoms with Crippen molar-refractivity contribution in [1.82, 2.24) is 0 Å². The zero-order valence-electron chi connectivity index (χ0n) is 15.2. The Labute approximate surface area is 169 Å². The molecule has 28 heavy (non-hydrogen) atoms. The molecule has 0 N–H and O–H groups in total. The molecule has 0 aliphatic rings. The van der Waals surface area contributed by atoms with Crippen molar-refractivity contribution in [2.24, 2.45) is 0 Å². The smallest absolute Gasteiger partial charge is 0.329 e. The van der Waals surface area contributed by atoms with Crippen LogP contribution in [0.5, 0.6) is 0 Å². The summed E-state index contributed by atoms with van der Waals surface area (Å²) < 4.78 is 29.9. The maximum absolute atomic E-state index is 12.4. The van der Waals surface area contributed by atoms with Crippen LogP contribution in [0.4, 0.5) is 0 Å². The summed E-state index contributed by atoms with van der Waals surface area (Å²) in [5, 5.41) is -1.22. The highest BCUT2D eigenvalue weighted by atomic mass is 35.5. The highest BCUT2D eigenvalue weighted by Crippen LogP contribution is 2.32. The van der Waals surface area contributed by atoms with Gasteiger partial charge in [0.05, 0.1) is 4.90 Å². The highest BCUT2D eigenvalue weighted by Gasteiger charge is 2.26. The molecule has 0 amide bonds. The van der Waals surface area contributed by atoms with Crippen molar-refractivity contribution in [3.05, 3.63) is 90.0 Å². The van der Waals surface area contributed by atoms with E-state index in [0.29, 0.717) is 0 Å². The van der Waals surface area contributed by atoms with Gasteiger partial charge in [-0.25, -0.2) is 8.42 Å². The molecule has 3 aromatic carbocycles. The van der Waals surface area contributed by atoms with Crippen LogP contribution in [0.25, 0.3) is 11.1 Å². The Morgan fingerprint density at radius 1 is 0.929 bits per heavy atom. The fraction of sp³-hybridized carbons (Fsp3) is 0.136. The molecule has 144 valence electrons. The molecule has 0 aliphatic heterocycles. The Morgan fingerprint density at radius 2 is 1.54 bits per heavy atom. The van der Waals surface area contributed by atoms with Crippen LogP contribution in [0.3, 0.4) is 0 Å². The summed E-state index contributed by atoms with van der Waals surface area (Å²) in [5.74, 6) is -0.692. The van der Waals surface area contributed by atoms with Gasteiger partial charge < -0.3 is 4.74 Å². The standard InChI is InChI=1S/C22H19ClO4S/c1-28(25,26)20-14-18(17-10-6-3-7-11-17)12-13-19(20)21(23)22(24)27-15-16-8-4-2-5-9-16/h2-14,21H,15H2,1H3. The summed E-state index contributed by atoms with van der Waals surface area (Å²) in [6.45, 7) is 0.0687. The number of sulfone groups is 1. The molecule has 3 aromatic rings. The summed E-state index contributed by atoms with van der Waals surface area (Å²) in [6.07, 6.45) is 1.10. The van der Waals surface area contributed by atoms with Crippen molar-refractivity contribution in [3.8, 4) is 11.1 Å². The Morgan fingerprint density at radius 3 is 2.14 bits per heavy atom. The van der Waals surface area contributed by atoms with Gasteiger partial charge in [-0.15, -0.1) is 11.6 Å². The molecule has 4 nitrogen and oxygen atoms in total. The topological polar surface area (TPSA) is 60.4 Å². The first kappa shape index (κ1) is 20.1. The van der Waals surface area contributed by atoms with E-state index in [9.17, 15) is 13.2 Å². The van der Waals surface area contributed by atoms with Crippen LogP contribution >= 0.6 is 11.6 Å². The molecule has 0 saturated heterocycles. The number of esters is 1. The largest absolute Gasteiger partial charge is 0.459 e. The van der Waals surface area contributed by atoms with Crippen LogP contribution in [0.1, 0.15) is 16.5 Å². The molecular weight excluding hydrogens is 396 g/mol. The third-order valence-electron chi connectivity index (χ3n) is 4.22. The SMILES string of the molecule is CS(=O)(=O)c1cc(-c2ccccc2)ccc1C(Cl)C(=O)OCc1ccccc1. The first-order chi connectivity index (χ1) is 13.4. The molecule has 3 rings (SSSR count). The molecular formula is C22H19ClO4S. The Kier molecular flexibility index (Phi) is 6.17. The summed E-state index contributed by atoms with van der Waals surface area (Å²) in [7, 11) is -3.60. The number of alkyl halides is 1. The minimum atomic E-state index is -3.60. The van der Waals surface area contributed by atoms with E-state index in [2.05, 4.69) is 0 Å². The van der Waals surface area contributed by atoms with Crippen molar-refractivity contribution in [3.63, 3.8) is 0 Å². The van der Waals surface area contributed by atoms with E-state index < -0.39 is 21.2 Å². The van der Waals surface area contributed by atoms with Crippen LogP contribution < -0.4 is 0 Å². The number of rotatable bonds is 6. The van der Waals surface area contributed by atoms with Gasteiger partial charge >= 0.3 is 5.97 Å². The lowest BCUT2D eigenvalue weighted by Crippen LogP contribution is -2.14. The Hall–Kier alpha value is -2.63. The molecule has 1 atom stereocenters. The predicted octanol–water partition coefficient (Wildman–Crippen LogP) is 4.78. The molecule has 6 heteroatoms. The maximum atomic E-state index is 12.4. The van der Waals surface area contributed by atoms with Gasteiger partial charge in [0.25, 0.3) is 0 Å². The van der Waals surface area contributed by atoms with E-state index in [1.54, 1.807) is 18.2 Å². The van der Waals surface area contributed by atoms with Gasteiger partial charge in [-0.2, -0.15) is 0 Å². The van der Waals surface area contributed by atoms with Crippen molar-refractivity contribution < 1.29 is 17.9 Å². The lowest BCUT2D eigenvalue weighted by Gasteiger charge is -2.15. The summed E-state index contributed by atoms with van der Waals surface area (Å²) in [4.78, 5) is 12.4. The summed E-state index contributed by atoms with van der Waals surface area (Å²) in [6, 6.07) is 23.4. The Bertz CT molecular complexity index is 1060. The van der Waals surface area contributed by atoms with Crippen LogP contribution in [-0.4, -0.2) is 20.6 Å².